The molecule has 3 rings (SSSR count). The van der Waals surface area contributed by atoms with Gasteiger partial charge in [0.1, 0.15) is 11.4 Å². The van der Waals surface area contributed by atoms with Crippen LogP contribution in [0.1, 0.15) is 40.4 Å². The van der Waals surface area contributed by atoms with Gasteiger partial charge in [-0.15, -0.1) is 0 Å². The van der Waals surface area contributed by atoms with Crippen molar-refractivity contribution in [3.63, 3.8) is 0 Å². The van der Waals surface area contributed by atoms with E-state index in [1.165, 1.54) is 11.1 Å². The third-order valence-electron chi connectivity index (χ3n) is 3.85. The van der Waals surface area contributed by atoms with Gasteiger partial charge in [0, 0.05) is 0 Å². The Morgan fingerprint density at radius 3 is 2.40 bits per heavy atom. The normalized spacial score (nSPS) is 21.2. The molecule has 20 heavy (non-hydrogen) atoms. The van der Waals surface area contributed by atoms with Gasteiger partial charge in [0.15, 0.2) is 5.78 Å². The topological polar surface area (TPSA) is 26.3 Å². The van der Waals surface area contributed by atoms with E-state index in [4.69, 9.17) is 4.74 Å². The molecule has 1 heterocycles. The van der Waals surface area contributed by atoms with E-state index >= 15 is 0 Å². The van der Waals surface area contributed by atoms with E-state index in [0.717, 1.165) is 5.56 Å². The lowest BCUT2D eigenvalue weighted by Gasteiger charge is -2.35. The number of Topliss-reactive ketones (excluding diaryl/α,β-unsaturated/α-hetero) is 1. The molecule has 1 aliphatic rings. The fraction of sp³-hybridized carbons (Fsp3) is 0.278. The number of benzene rings is 2. The Kier molecular flexibility index (Phi) is 2.89. The maximum Gasteiger partial charge on any atom is 0.170 e. The number of ether oxygens (including phenoxy) is 1. The van der Waals surface area contributed by atoms with Crippen LogP contribution in [0.15, 0.2) is 42.5 Å². The van der Waals surface area contributed by atoms with Crippen LogP contribution >= 0.6 is 0 Å². The second kappa shape index (κ2) is 4.48. The van der Waals surface area contributed by atoms with Crippen LogP contribution in [0, 0.1) is 13.8 Å². The molecule has 0 saturated heterocycles. The second-order valence-electron chi connectivity index (χ2n) is 5.81. The first-order valence-electron chi connectivity index (χ1n) is 6.88. The van der Waals surface area contributed by atoms with Crippen molar-refractivity contribution in [3.05, 3.63) is 64.7 Å². The molecule has 0 spiro atoms. The van der Waals surface area contributed by atoms with E-state index in [0.29, 0.717) is 17.7 Å². The van der Waals surface area contributed by atoms with Gasteiger partial charge >= 0.3 is 0 Å². The molecule has 0 amide bonds. The number of para-hydroxylation sites is 1. The minimum atomic E-state index is -0.581. The van der Waals surface area contributed by atoms with Crippen molar-refractivity contribution in [3.8, 4) is 5.75 Å². The average Bonchev–Trinajstić information content (AvgIpc) is 2.37. The molecule has 1 atom stereocenters. The summed E-state index contributed by atoms with van der Waals surface area (Å²) < 4.78 is 6.17. The highest BCUT2D eigenvalue weighted by Gasteiger charge is 2.38. The van der Waals surface area contributed by atoms with Crippen molar-refractivity contribution in [2.24, 2.45) is 0 Å². The predicted octanol–water partition coefficient (Wildman–Crippen LogP) is 4.18. The molecule has 1 aliphatic heterocycles. The molecule has 0 aromatic heterocycles. The standard InChI is InChI=1S/C18H18O2/c1-12-8-13(2)10-14(9-12)18(3)11-16(19)15-6-4-5-7-17(15)20-18/h4-10H,11H2,1-3H3. The fourth-order valence-electron chi connectivity index (χ4n) is 2.91. The lowest BCUT2D eigenvalue weighted by atomic mass is 9.84. The van der Waals surface area contributed by atoms with Crippen LogP contribution in [0.2, 0.25) is 0 Å². The number of rotatable bonds is 1. The number of aryl methyl sites for hydroxylation is 2. The van der Waals surface area contributed by atoms with Crippen molar-refractivity contribution < 1.29 is 9.53 Å². The third-order valence-corrected chi connectivity index (χ3v) is 3.85. The van der Waals surface area contributed by atoms with Gasteiger partial charge in [-0.3, -0.25) is 4.79 Å². The lowest BCUT2D eigenvalue weighted by molar-refractivity contribution is 0.0503. The van der Waals surface area contributed by atoms with E-state index in [2.05, 4.69) is 32.0 Å². The summed E-state index contributed by atoms with van der Waals surface area (Å²) in [6.45, 7) is 6.13. The minimum Gasteiger partial charge on any atom is -0.482 e. The maximum atomic E-state index is 12.4. The Hall–Kier alpha value is -2.09. The first kappa shape index (κ1) is 12.9. The van der Waals surface area contributed by atoms with Crippen molar-refractivity contribution in [1.29, 1.82) is 0 Å². The summed E-state index contributed by atoms with van der Waals surface area (Å²) in [5.74, 6) is 0.832. The van der Waals surface area contributed by atoms with Gasteiger partial charge in [0.05, 0.1) is 12.0 Å². The zero-order valence-electron chi connectivity index (χ0n) is 12.1. The maximum absolute atomic E-state index is 12.4. The molecule has 1 unspecified atom stereocenters. The van der Waals surface area contributed by atoms with Crippen LogP contribution < -0.4 is 4.74 Å². The van der Waals surface area contributed by atoms with Crippen molar-refractivity contribution in [2.75, 3.05) is 0 Å². The highest BCUT2D eigenvalue weighted by Crippen LogP contribution is 2.39. The largest absolute Gasteiger partial charge is 0.482 e. The number of hydrogen-bond acceptors (Lipinski definition) is 2. The second-order valence-corrected chi connectivity index (χ2v) is 5.81. The smallest absolute Gasteiger partial charge is 0.170 e. The van der Waals surface area contributed by atoms with E-state index < -0.39 is 5.60 Å². The van der Waals surface area contributed by atoms with E-state index in [1.807, 2.05) is 31.2 Å². The van der Waals surface area contributed by atoms with Gasteiger partial charge in [-0.1, -0.05) is 41.5 Å². The number of hydrogen-bond donors (Lipinski definition) is 0. The molecular weight excluding hydrogens is 248 g/mol. The molecule has 2 aromatic rings. The highest BCUT2D eigenvalue weighted by molar-refractivity contribution is 6.00. The summed E-state index contributed by atoms with van der Waals surface area (Å²) in [6.07, 6.45) is 0.382. The molecule has 2 nitrogen and oxygen atoms in total. The Morgan fingerprint density at radius 2 is 1.70 bits per heavy atom. The predicted molar refractivity (Wildman–Crippen MR) is 79.3 cm³/mol. The van der Waals surface area contributed by atoms with Gasteiger partial charge in [0.25, 0.3) is 0 Å². The highest BCUT2D eigenvalue weighted by atomic mass is 16.5. The van der Waals surface area contributed by atoms with Crippen molar-refractivity contribution >= 4 is 5.78 Å². The molecule has 0 fully saturated rings. The van der Waals surface area contributed by atoms with E-state index in [1.54, 1.807) is 0 Å². The van der Waals surface area contributed by atoms with Gasteiger partial charge in [-0.05, 0) is 38.5 Å². The molecule has 102 valence electrons. The average molecular weight is 266 g/mol. The molecule has 0 aliphatic carbocycles. The number of carbonyl (C=O) groups excluding carboxylic acids is 1. The van der Waals surface area contributed by atoms with Gasteiger partial charge in [-0.25, -0.2) is 0 Å². The summed E-state index contributed by atoms with van der Waals surface area (Å²) in [7, 11) is 0. The fourth-order valence-corrected chi connectivity index (χ4v) is 2.91. The first-order chi connectivity index (χ1) is 9.48. The van der Waals surface area contributed by atoms with Crippen LogP contribution in [0.4, 0.5) is 0 Å². The molecule has 0 radical (unpaired) electrons. The van der Waals surface area contributed by atoms with Crippen LogP contribution in [-0.4, -0.2) is 5.78 Å². The Morgan fingerprint density at radius 1 is 1.05 bits per heavy atom. The lowest BCUT2D eigenvalue weighted by Crippen LogP contribution is -2.36. The number of fused-ring (bicyclic) bond motifs is 1. The van der Waals surface area contributed by atoms with Crippen LogP contribution in [-0.2, 0) is 5.60 Å². The minimum absolute atomic E-state index is 0.147. The summed E-state index contributed by atoms with van der Waals surface area (Å²) in [5.41, 5.74) is 3.56. The zero-order valence-corrected chi connectivity index (χ0v) is 12.1. The molecule has 0 bridgehead atoms. The first-order valence-corrected chi connectivity index (χ1v) is 6.88. The number of ketones is 1. The quantitative estimate of drug-likeness (QED) is 0.773. The Labute approximate surface area is 119 Å². The summed E-state index contributed by atoms with van der Waals surface area (Å²) >= 11 is 0. The molecule has 0 saturated carbocycles. The summed E-state index contributed by atoms with van der Waals surface area (Å²) in [6, 6.07) is 13.8. The van der Waals surface area contributed by atoms with E-state index in [9.17, 15) is 4.79 Å². The Balaban J connectivity index is 2.08. The van der Waals surface area contributed by atoms with Gasteiger partial charge < -0.3 is 4.74 Å². The van der Waals surface area contributed by atoms with Crippen LogP contribution in [0.3, 0.4) is 0 Å². The van der Waals surface area contributed by atoms with Crippen LogP contribution in [0.5, 0.6) is 5.75 Å². The van der Waals surface area contributed by atoms with Gasteiger partial charge in [-0.2, -0.15) is 0 Å². The van der Waals surface area contributed by atoms with Crippen LogP contribution in [0.25, 0.3) is 0 Å². The molecular formula is C18H18O2. The van der Waals surface area contributed by atoms with Crippen molar-refractivity contribution in [2.45, 2.75) is 32.8 Å². The number of carbonyl (C=O) groups is 1. The molecule has 2 heteroatoms. The van der Waals surface area contributed by atoms with Gasteiger partial charge in [0.2, 0.25) is 0 Å². The van der Waals surface area contributed by atoms with Crippen molar-refractivity contribution in [1.82, 2.24) is 0 Å². The monoisotopic (exact) mass is 266 g/mol. The van der Waals surface area contributed by atoms with E-state index in [-0.39, 0.29) is 5.78 Å². The third kappa shape index (κ3) is 2.11. The summed E-state index contributed by atoms with van der Waals surface area (Å²) in [5, 5.41) is 0. The molecule has 0 N–H and O–H groups in total. The molecule has 2 aromatic carbocycles. The SMILES string of the molecule is Cc1cc(C)cc(C2(C)CC(=O)c3ccccc3O2)c1. The zero-order chi connectivity index (χ0) is 14.3. The Bertz CT molecular complexity index is 667. The summed E-state index contributed by atoms with van der Waals surface area (Å²) in [4.78, 5) is 12.4.